The van der Waals surface area contributed by atoms with Crippen LogP contribution in [0.15, 0.2) is 47.4 Å². The molecule has 0 radical (unpaired) electrons. The van der Waals surface area contributed by atoms with Crippen LogP contribution >= 0.6 is 11.6 Å². The largest absolute Gasteiger partial charge is 0.435 e. The molecule has 1 heterocycles. The molecule has 1 saturated carbocycles. The monoisotopic (exact) mass is 667 g/mol. The topological polar surface area (TPSA) is 71.5 Å². The first kappa shape index (κ1) is 32.7. The number of ketones is 1. The van der Waals surface area contributed by atoms with Gasteiger partial charge in [-0.25, -0.2) is 12.8 Å². The molecule has 1 saturated heterocycles. The molecule has 2 aromatic carbocycles. The molecule has 1 aliphatic heterocycles. The van der Waals surface area contributed by atoms with Gasteiger partial charge in [-0.15, -0.1) is 0 Å². The fourth-order valence-corrected chi connectivity index (χ4v) is 9.99. The number of Topliss-reactive ketones (excluding diaryl/α,β-unsaturated/α-hetero) is 1. The summed E-state index contributed by atoms with van der Waals surface area (Å²) in [6.07, 6.45) is -11.3. The van der Waals surface area contributed by atoms with Crippen LogP contribution in [0.4, 0.5) is 30.7 Å². The van der Waals surface area contributed by atoms with Crippen LogP contribution in [0.1, 0.15) is 62.1 Å². The second kappa shape index (κ2) is 11.0. The van der Waals surface area contributed by atoms with Crippen molar-refractivity contribution in [2.75, 3.05) is 6.54 Å². The number of aryl methyl sites for hydroxylation is 1. The van der Waals surface area contributed by atoms with Crippen molar-refractivity contribution in [3.63, 3.8) is 0 Å². The summed E-state index contributed by atoms with van der Waals surface area (Å²) in [6, 6.07) is 5.93. The highest BCUT2D eigenvalue weighted by molar-refractivity contribution is 7.92. The van der Waals surface area contributed by atoms with Crippen molar-refractivity contribution in [3.8, 4) is 0 Å². The van der Waals surface area contributed by atoms with E-state index < -0.39 is 50.1 Å². The summed E-state index contributed by atoms with van der Waals surface area (Å²) in [5, 5.41) is 0.0798. The van der Waals surface area contributed by atoms with Gasteiger partial charge in [-0.2, -0.15) is 26.3 Å². The number of alkyl halides is 7. The number of hydrogen-bond acceptors (Lipinski definition) is 4. The van der Waals surface area contributed by atoms with E-state index in [2.05, 4.69) is 0 Å². The Bertz CT molecular complexity index is 1570. The number of hydrogen-bond donors (Lipinski definition) is 0. The van der Waals surface area contributed by atoms with Crippen molar-refractivity contribution in [1.82, 2.24) is 4.90 Å². The maximum atomic E-state index is 15.0. The minimum absolute atomic E-state index is 0.0281. The molecule has 2 fully saturated rings. The van der Waals surface area contributed by atoms with Crippen LogP contribution in [0.25, 0.3) is 0 Å². The number of carbonyl (C=O) groups is 2. The zero-order valence-corrected chi connectivity index (χ0v) is 25.0. The highest BCUT2D eigenvalue weighted by Gasteiger charge is 2.74. The second-order valence-corrected chi connectivity index (χ2v) is 14.5. The Morgan fingerprint density at radius 1 is 0.886 bits per heavy atom. The van der Waals surface area contributed by atoms with E-state index in [0.717, 1.165) is 6.07 Å². The molecule has 2 unspecified atom stereocenters. The summed E-state index contributed by atoms with van der Waals surface area (Å²) in [4.78, 5) is 26.9. The standard InChI is InChI=1S/C30H29ClF7NO4S/c1-17(40)18-5-7-19(8-6-18)26(41)39-14-13-27(44(42,43)23-4-2-3-22(31)16-23)24-11-10-21(15-20(24)9-12-25(27)39)28(32,29(33,34)35)30(36,37)38/h2-4,10-11,15-16,18-19,25H,5-9,12-14H2,1H3. The minimum atomic E-state index is -6.33. The molecule has 14 heteroatoms. The molecule has 0 bridgehead atoms. The van der Waals surface area contributed by atoms with Gasteiger partial charge in [-0.05, 0) is 81.2 Å². The van der Waals surface area contributed by atoms with E-state index in [-0.39, 0.29) is 64.5 Å². The maximum Gasteiger partial charge on any atom is 0.435 e. The van der Waals surface area contributed by atoms with E-state index in [1.165, 1.54) is 36.1 Å². The number of sulfone groups is 1. The molecule has 240 valence electrons. The third-order valence-electron chi connectivity index (χ3n) is 9.59. The number of carbonyl (C=O) groups excluding carboxylic acids is 2. The number of halogens is 8. The van der Waals surface area contributed by atoms with Gasteiger partial charge in [0.25, 0.3) is 0 Å². The summed E-state index contributed by atoms with van der Waals surface area (Å²) in [7, 11) is -4.48. The van der Waals surface area contributed by atoms with Crippen LogP contribution in [0.3, 0.4) is 0 Å². The summed E-state index contributed by atoms with van der Waals surface area (Å²) in [6.45, 7) is 1.46. The molecule has 2 atom stereocenters. The molecule has 5 nitrogen and oxygen atoms in total. The lowest BCUT2D eigenvalue weighted by Gasteiger charge is -2.44. The van der Waals surface area contributed by atoms with Crippen molar-refractivity contribution in [2.24, 2.45) is 11.8 Å². The van der Waals surface area contributed by atoms with Gasteiger partial charge in [-0.1, -0.05) is 35.9 Å². The number of amides is 1. The fraction of sp³-hybridized carbons (Fsp3) is 0.533. The number of fused-ring (bicyclic) bond motifs is 3. The quantitative estimate of drug-likeness (QED) is 0.315. The van der Waals surface area contributed by atoms with Crippen molar-refractivity contribution in [1.29, 1.82) is 0 Å². The van der Waals surface area contributed by atoms with Gasteiger partial charge in [0, 0.05) is 29.0 Å². The van der Waals surface area contributed by atoms with Crippen molar-refractivity contribution in [2.45, 2.75) is 85.6 Å². The SMILES string of the molecule is CC(=O)C1CCC(C(=O)N2CCC3(S(=O)(=O)c4cccc(Cl)c4)c4ccc(C(F)(C(F)(F)F)C(F)(F)F)cc4CCC23)CC1. The normalized spacial score (nSPS) is 26.2. The summed E-state index contributed by atoms with van der Waals surface area (Å²) in [5.41, 5.74) is -7.62. The molecule has 3 aliphatic rings. The molecule has 2 aliphatic carbocycles. The Labute approximate surface area is 254 Å². The lowest BCUT2D eigenvalue weighted by molar-refractivity contribution is -0.348. The van der Waals surface area contributed by atoms with Gasteiger partial charge in [-0.3, -0.25) is 9.59 Å². The Morgan fingerprint density at radius 3 is 2.07 bits per heavy atom. The van der Waals surface area contributed by atoms with Gasteiger partial charge in [0.05, 0.1) is 10.9 Å². The van der Waals surface area contributed by atoms with Crippen LogP contribution in [0.2, 0.25) is 5.02 Å². The predicted octanol–water partition coefficient (Wildman–Crippen LogP) is 7.24. The zero-order valence-electron chi connectivity index (χ0n) is 23.4. The van der Waals surface area contributed by atoms with Gasteiger partial charge in [0.1, 0.15) is 10.5 Å². The van der Waals surface area contributed by atoms with Crippen LogP contribution in [0.5, 0.6) is 0 Å². The third-order valence-corrected chi connectivity index (χ3v) is 12.4. The molecular formula is C30H29ClF7NO4S. The van der Waals surface area contributed by atoms with E-state index in [4.69, 9.17) is 11.6 Å². The highest BCUT2D eigenvalue weighted by Crippen LogP contribution is 2.57. The number of rotatable bonds is 5. The van der Waals surface area contributed by atoms with E-state index in [1.807, 2.05) is 0 Å². The van der Waals surface area contributed by atoms with Crippen LogP contribution in [0, 0.1) is 11.8 Å². The molecular weight excluding hydrogens is 639 g/mol. The second-order valence-electron chi connectivity index (χ2n) is 11.9. The smallest absolute Gasteiger partial charge is 0.337 e. The van der Waals surface area contributed by atoms with Crippen LogP contribution in [-0.4, -0.2) is 49.9 Å². The van der Waals surface area contributed by atoms with Crippen molar-refractivity contribution in [3.05, 3.63) is 64.2 Å². The minimum Gasteiger partial charge on any atom is -0.337 e. The average molecular weight is 668 g/mol. The molecule has 0 N–H and O–H groups in total. The number of likely N-dealkylation sites (tertiary alicyclic amines) is 1. The van der Waals surface area contributed by atoms with E-state index in [9.17, 15) is 44.3 Å². The van der Waals surface area contributed by atoms with E-state index >= 15 is 4.39 Å². The molecule has 0 aromatic heterocycles. The van der Waals surface area contributed by atoms with E-state index in [0.29, 0.717) is 37.8 Å². The van der Waals surface area contributed by atoms with Gasteiger partial charge < -0.3 is 4.90 Å². The van der Waals surface area contributed by atoms with Gasteiger partial charge in [0.15, 0.2) is 9.84 Å². The van der Waals surface area contributed by atoms with E-state index in [1.54, 1.807) is 0 Å². The molecule has 1 amide bonds. The zero-order chi connectivity index (χ0) is 32.5. The molecule has 0 spiro atoms. The third kappa shape index (κ3) is 4.92. The van der Waals surface area contributed by atoms with Gasteiger partial charge >= 0.3 is 18.0 Å². The Morgan fingerprint density at radius 2 is 1.50 bits per heavy atom. The number of benzene rings is 2. The van der Waals surface area contributed by atoms with Crippen LogP contribution in [-0.2, 0) is 36.3 Å². The first-order chi connectivity index (χ1) is 20.4. The average Bonchev–Trinajstić information content (AvgIpc) is 3.36. The summed E-state index contributed by atoms with van der Waals surface area (Å²) >= 11 is 6.09. The van der Waals surface area contributed by atoms with Crippen LogP contribution < -0.4 is 0 Å². The Kier molecular flexibility index (Phi) is 8.17. The first-order valence-electron chi connectivity index (χ1n) is 14.1. The first-order valence-corrected chi connectivity index (χ1v) is 16.0. The highest BCUT2D eigenvalue weighted by atomic mass is 35.5. The molecule has 2 aromatic rings. The molecule has 44 heavy (non-hydrogen) atoms. The predicted molar refractivity (Wildman–Crippen MR) is 146 cm³/mol. The lowest BCUT2D eigenvalue weighted by Crippen LogP contribution is -2.53. The van der Waals surface area contributed by atoms with Crippen molar-refractivity contribution < 1.29 is 48.7 Å². The fourth-order valence-electron chi connectivity index (χ4n) is 7.32. The van der Waals surface area contributed by atoms with Gasteiger partial charge in [0.2, 0.25) is 5.91 Å². The maximum absolute atomic E-state index is 15.0. The lowest BCUT2D eigenvalue weighted by atomic mass is 9.76. The Balaban J connectivity index is 1.63. The molecule has 5 rings (SSSR count). The number of nitrogens with zero attached hydrogens (tertiary/aromatic N) is 1. The summed E-state index contributed by atoms with van der Waals surface area (Å²) < 4.78 is 124. The van der Waals surface area contributed by atoms with Crippen molar-refractivity contribution >= 4 is 33.1 Å². The summed E-state index contributed by atoms with van der Waals surface area (Å²) in [5.74, 6) is -0.908. The Hall–Kier alpha value is -2.67.